The topological polar surface area (TPSA) is 92.4 Å². The molecule has 0 bridgehead atoms. The summed E-state index contributed by atoms with van der Waals surface area (Å²) in [4.78, 5) is 11.8. The second-order valence-corrected chi connectivity index (χ2v) is 4.13. The van der Waals surface area contributed by atoms with Crippen LogP contribution in [0.5, 0.6) is 23.5 Å². The highest BCUT2D eigenvalue weighted by Crippen LogP contribution is 2.31. The Balaban J connectivity index is 2.29. The Hall–Kier alpha value is -2.57. The van der Waals surface area contributed by atoms with Crippen LogP contribution in [0.3, 0.4) is 0 Å². The quantitative estimate of drug-likeness (QED) is 0.871. The molecule has 112 valence electrons. The van der Waals surface area contributed by atoms with E-state index in [1.54, 1.807) is 13.2 Å². The first-order valence-corrected chi connectivity index (χ1v) is 6.65. The third-order valence-corrected chi connectivity index (χ3v) is 2.72. The van der Waals surface area contributed by atoms with Crippen molar-refractivity contribution in [2.45, 2.75) is 20.3 Å². The Morgan fingerprint density at radius 2 is 1.81 bits per heavy atom. The van der Waals surface area contributed by atoms with E-state index in [2.05, 4.69) is 21.9 Å². The molecule has 0 atom stereocenters. The van der Waals surface area contributed by atoms with Crippen LogP contribution in [0.4, 0.5) is 5.95 Å². The van der Waals surface area contributed by atoms with Crippen LogP contribution in [0.1, 0.15) is 19.4 Å². The average molecular weight is 290 g/mol. The lowest BCUT2D eigenvalue weighted by Crippen LogP contribution is -2.05. The van der Waals surface area contributed by atoms with Crippen LogP contribution in [0.2, 0.25) is 0 Å². The van der Waals surface area contributed by atoms with Crippen molar-refractivity contribution in [2.75, 3.05) is 19.5 Å². The molecule has 0 saturated carbocycles. The van der Waals surface area contributed by atoms with Crippen LogP contribution in [-0.2, 0) is 6.42 Å². The third kappa shape index (κ3) is 3.71. The zero-order valence-electron chi connectivity index (χ0n) is 12.3. The van der Waals surface area contributed by atoms with Gasteiger partial charge in [0, 0.05) is 0 Å². The molecule has 0 radical (unpaired) electrons. The van der Waals surface area contributed by atoms with Crippen LogP contribution in [0.25, 0.3) is 0 Å². The van der Waals surface area contributed by atoms with E-state index in [1.807, 2.05) is 19.1 Å². The molecule has 7 nitrogen and oxygen atoms in total. The third-order valence-electron chi connectivity index (χ3n) is 2.72. The van der Waals surface area contributed by atoms with Crippen molar-refractivity contribution in [1.29, 1.82) is 0 Å². The van der Waals surface area contributed by atoms with Crippen molar-refractivity contribution in [2.24, 2.45) is 0 Å². The van der Waals surface area contributed by atoms with Gasteiger partial charge in [-0.1, -0.05) is 13.0 Å². The molecule has 0 aliphatic rings. The van der Waals surface area contributed by atoms with E-state index < -0.39 is 0 Å². The van der Waals surface area contributed by atoms with Crippen LogP contribution < -0.4 is 19.9 Å². The zero-order chi connectivity index (χ0) is 15.2. The summed E-state index contributed by atoms with van der Waals surface area (Å²) < 4.78 is 16.1. The van der Waals surface area contributed by atoms with Crippen molar-refractivity contribution in [3.05, 3.63) is 23.8 Å². The number of nitrogen functional groups attached to an aromatic ring is 1. The number of benzene rings is 1. The first-order valence-electron chi connectivity index (χ1n) is 6.65. The van der Waals surface area contributed by atoms with Crippen molar-refractivity contribution in [3.63, 3.8) is 0 Å². The largest absolute Gasteiger partial charge is 0.493 e. The Kier molecular flexibility index (Phi) is 4.76. The first-order chi connectivity index (χ1) is 10.2. The lowest BCUT2D eigenvalue weighted by atomic mass is 10.1. The van der Waals surface area contributed by atoms with E-state index in [0.29, 0.717) is 18.1 Å². The maximum atomic E-state index is 5.62. The van der Waals surface area contributed by atoms with E-state index in [9.17, 15) is 0 Å². The van der Waals surface area contributed by atoms with Gasteiger partial charge in [0.1, 0.15) is 0 Å². The molecule has 1 heterocycles. The zero-order valence-corrected chi connectivity index (χ0v) is 12.3. The maximum Gasteiger partial charge on any atom is 0.330 e. The van der Waals surface area contributed by atoms with Gasteiger partial charge in [-0.3, -0.25) is 0 Å². The summed E-state index contributed by atoms with van der Waals surface area (Å²) in [5.74, 6) is 1.14. The highest BCUT2D eigenvalue weighted by atomic mass is 16.5. The minimum absolute atomic E-state index is 0.0348. The molecular weight excluding hydrogens is 272 g/mol. The van der Waals surface area contributed by atoms with Gasteiger partial charge in [0.2, 0.25) is 5.95 Å². The van der Waals surface area contributed by atoms with E-state index in [4.69, 9.17) is 19.9 Å². The van der Waals surface area contributed by atoms with Crippen LogP contribution in [0, 0.1) is 0 Å². The number of hydrogen-bond acceptors (Lipinski definition) is 7. The molecule has 7 heteroatoms. The van der Waals surface area contributed by atoms with Gasteiger partial charge in [-0.25, -0.2) is 0 Å². The lowest BCUT2D eigenvalue weighted by molar-refractivity contribution is 0.302. The molecule has 1 aromatic carbocycles. The van der Waals surface area contributed by atoms with Gasteiger partial charge in [0.15, 0.2) is 11.5 Å². The lowest BCUT2D eigenvalue weighted by Gasteiger charge is -2.11. The number of aryl methyl sites for hydroxylation is 1. The Bertz CT molecular complexity index is 619. The predicted molar refractivity (Wildman–Crippen MR) is 77.9 cm³/mol. The van der Waals surface area contributed by atoms with Crippen LogP contribution in [-0.4, -0.2) is 28.7 Å². The molecule has 0 saturated heterocycles. The first kappa shape index (κ1) is 14.8. The molecule has 0 aliphatic carbocycles. The maximum absolute atomic E-state index is 5.62. The number of aromatic nitrogens is 3. The normalized spacial score (nSPS) is 10.2. The van der Waals surface area contributed by atoms with Crippen LogP contribution >= 0.6 is 0 Å². The summed E-state index contributed by atoms with van der Waals surface area (Å²) in [6.45, 7) is 4.32. The number of rotatable bonds is 6. The molecule has 2 rings (SSSR count). The monoisotopic (exact) mass is 290 g/mol. The molecule has 1 aromatic heterocycles. The van der Waals surface area contributed by atoms with Gasteiger partial charge >= 0.3 is 12.0 Å². The van der Waals surface area contributed by atoms with Gasteiger partial charge in [0.25, 0.3) is 0 Å². The molecule has 0 aliphatic heterocycles. The minimum Gasteiger partial charge on any atom is -0.493 e. The van der Waals surface area contributed by atoms with Crippen molar-refractivity contribution in [1.82, 2.24) is 15.0 Å². The van der Waals surface area contributed by atoms with Gasteiger partial charge in [-0.2, -0.15) is 9.97 Å². The fraction of sp³-hybridized carbons (Fsp3) is 0.357. The fourth-order valence-electron chi connectivity index (χ4n) is 1.71. The predicted octanol–water partition coefficient (Wildman–Crippen LogP) is 2.22. The smallest absolute Gasteiger partial charge is 0.330 e. The second kappa shape index (κ2) is 6.74. The fourth-order valence-corrected chi connectivity index (χ4v) is 1.71. The summed E-state index contributed by atoms with van der Waals surface area (Å²) >= 11 is 0. The molecule has 0 fully saturated rings. The summed E-state index contributed by atoms with van der Waals surface area (Å²) in [5.41, 5.74) is 6.75. The number of nitrogens with zero attached hydrogens (tertiary/aromatic N) is 3. The molecular formula is C14H18N4O3. The summed E-state index contributed by atoms with van der Waals surface area (Å²) in [6.07, 6.45) is 0.907. The Morgan fingerprint density at radius 3 is 2.48 bits per heavy atom. The van der Waals surface area contributed by atoms with Gasteiger partial charge in [-0.15, -0.1) is 4.98 Å². The van der Waals surface area contributed by atoms with Gasteiger partial charge < -0.3 is 19.9 Å². The second-order valence-electron chi connectivity index (χ2n) is 4.13. The molecule has 0 spiro atoms. The molecule has 0 unspecified atom stereocenters. The average Bonchev–Trinajstić information content (AvgIpc) is 2.47. The molecule has 2 aromatic rings. The highest BCUT2D eigenvalue weighted by molar-refractivity contribution is 5.44. The minimum atomic E-state index is 0.0348. The number of methoxy groups -OCH3 is 1. The summed E-state index contributed by atoms with van der Waals surface area (Å²) in [7, 11) is 1.58. The number of ether oxygens (including phenoxy) is 3. The molecule has 21 heavy (non-hydrogen) atoms. The standard InChI is InChI=1S/C14H18N4O3/c1-4-9-6-7-10(11(8-9)19-3)21-14-17-12(15)16-13(18-14)20-5-2/h6-8H,4-5H2,1-3H3,(H2,15,16,17,18). The Morgan fingerprint density at radius 1 is 1.05 bits per heavy atom. The van der Waals surface area contributed by atoms with E-state index in [1.165, 1.54) is 0 Å². The highest BCUT2D eigenvalue weighted by Gasteiger charge is 2.11. The number of hydrogen-bond donors (Lipinski definition) is 1. The van der Waals surface area contributed by atoms with Gasteiger partial charge in [-0.05, 0) is 31.0 Å². The van der Waals surface area contributed by atoms with Crippen molar-refractivity contribution >= 4 is 5.95 Å². The SMILES string of the molecule is CCOc1nc(N)nc(Oc2ccc(CC)cc2OC)n1. The molecule has 2 N–H and O–H groups in total. The van der Waals surface area contributed by atoms with Crippen molar-refractivity contribution < 1.29 is 14.2 Å². The Labute approximate surface area is 123 Å². The van der Waals surface area contributed by atoms with E-state index in [0.717, 1.165) is 12.0 Å². The summed E-state index contributed by atoms with van der Waals surface area (Å²) in [6, 6.07) is 5.85. The van der Waals surface area contributed by atoms with E-state index in [-0.39, 0.29) is 18.0 Å². The number of anilines is 1. The van der Waals surface area contributed by atoms with Gasteiger partial charge in [0.05, 0.1) is 13.7 Å². The van der Waals surface area contributed by atoms with Crippen molar-refractivity contribution in [3.8, 4) is 23.5 Å². The number of nitrogens with two attached hydrogens (primary N) is 1. The molecule has 0 amide bonds. The van der Waals surface area contributed by atoms with E-state index >= 15 is 0 Å². The van der Waals surface area contributed by atoms with Crippen LogP contribution in [0.15, 0.2) is 18.2 Å². The summed E-state index contributed by atoms with van der Waals surface area (Å²) in [5, 5.41) is 0.